The Balaban J connectivity index is 2.42. The van der Waals surface area contributed by atoms with Gasteiger partial charge in [-0.05, 0) is 29.8 Å². The molecule has 0 saturated carbocycles. The second kappa shape index (κ2) is 6.08. The molecule has 122 valence electrons. The number of methoxy groups -OCH3 is 2. The Hall–Kier alpha value is -3.28. The van der Waals surface area contributed by atoms with Crippen LogP contribution in [0.5, 0.6) is 11.5 Å². The van der Waals surface area contributed by atoms with Gasteiger partial charge in [0.2, 0.25) is 0 Å². The van der Waals surface area contributed by atoms with E-state index in [4.69, 9.17) is 9.47 Å². The van der Waals surface area contributed by atoms with Gasteiger partial charge in [-0.15, -0.1) is 0 Å². The van der Waals surface area contributed by atoms with Crippen LogP contribution >= 0.6 is 0 Å². The van der Waals surface area contributed by atoms with E-state index < -0.39 is 11.5 Å². The van der Waals surface area contributed by atoms with Crippen molar-refractivity contribution in [3.63, 3.8) is 0 Å². The largest absolute Gasteiger partial charge is 0.497 e. The van der Waals surface area contributed by atoms with E-state index >= 15 is 0 Å². The van der Waals surface area contributed by atoms with Crippen LogP contribution in [0.4, 0.5) is 0 Å². The zero-order valence-corrected chi connectivity index (χ0v) is 13.1. The van der Waals surface area contributed by atoms with Crippen LogP contribution in [0.3, 0.4) is 0 Å². The number of hydrogen-bond acceptors (Lipinski definition) is 4. The molecule has 24 heavy (non-hydrogen) atoms. The number of ether oxygens (including phenoxy) is 2. The summed E-state index contributed by atoms with van der Waals surface area (Å²) < 4.78 is 10.4. The number of aromatic carboxylic acids is 1. The van der Waals surface area contributed by atoms with Gasteiger partial charge in [0.1, 0.15) is 11.5 Å². The maximum Gasteiger partial charge on any atom is 0.337 e. The van der Waals surface area contributed by atoms with Crippen molar-refractivity contribution in [3.8, 4) is 22.6 Å². The zero-order chi connectivity index (χ0) is 17.3. The van der Waals surface area contributed by atoms with Crippen LogP contribution in [-0.4, -0.2) is 30.3 Å². The number of pyridine rings is 1. The lowest BCUT2D eigenvalue weighted by molar-refractivity contribution is 0.0699. The second-order valence-corrected chi connectivity index (χ2v) is 5.12. The number of aromatic nitrogens is 1. The van der Waals surface area contributed by atoms with Gasteiger partial charge in [-0.2, -0.15) is 0 Å². The number of H-pyrrole nitrogens is 1. The van der Waals surface area contributed by atoms with Gasteiger partial charge in [-0.3, -0.25) is 4.79 Å². The number of fused-ring (bicyclic) bond motifs is 1. The maximum absolute atomic E-state index is 12.5. The molecule has 1 heterocycles. The van der Waals surface area contributed by atoms with Crippen molar-refractivity contribution in [2.24, 2.45) is 0 Å². The van der Waals surface area contributed by atoms with E-state index in [0.29, 0.717) is 28.0 Å². The third-order valence-corrected chi connectivity index (χ3v) is 3.81. The number of nitrogens with one attached hydrogen (secondary N) is 1. The maximum atomic E-state index is 12.5. The van der Waals surface area contributed by atoms with Crippen molar-refractivity contribution in [2.75, 3.05) is 14.2 Å². The summed E-state index contributed by atoms with van der Waals surface area (Å²) in [5.41, 5.74) is 0.424. The van der Waals surface area contributed by atoms with Crippen LogP contribution in [0.2, 0.25) is 0 Å². The minimum absolute atomic E-state index is 0.0853. The lowest BCUT2D eigenvalue weighted by atomic mass is 9.97. The van der Waals surface area contributed by atoms with Crippen molar-refractivity contribution >= 4 is 16.9 Å². The second-order valence-electron chi connectivity index (χ2n) is 5.12. The summed E-state index contributed by atoms with van der Waals surface area (Å²) in [6.45, 7) is 0. The minimum Gasteiger partial charge on any atom is -0.497 e. The Labute approximate surface area is 137 Å². The summed E-state index contributed by atoms with van der Waals surface area (Å²) in [5, 5.41) is 10.1. The Kier molecular flexibility index (Phi) is 3.95. The summed E-state index contributed by atoms with van der Waals surface area (Å²) in [6, 6.07) is 11.6. The Bertz CT molecular complexity index is 973. The molecule has 1 aromatic heterocycles. The zero-order valence-electron chi connectivity index (χ0n) is 13.1. The Morgan fingerprint density at radius 2 is 1.75 bits per heavy atom. The molecule has 0 unspecified atom stereocenters. The molecule has 3 aromatic rings. The van der Waals surface area contributed by atoms with Crippen molar-refractivity contribution in [1.29, 1.82) is 0 Å². The number of hydrogen-bond donors (Lipinski definition) is 2. The fraction of sp³-hybridized carbons (Fsp3) is 0.111. The van der Waals surface area contributed by atoms with E-state index in [1.165, 1.54) is 14.2 Å². The topological polar surface area (TPSA) is 88.6 Å². The molecule has 2 N–H and O–H groups in total. The first-order valence-electron chi connectivity index (χ1n) is 7.17. The SMILES string of the molecule is COc1ccc(-c2c(C(=O)O)c3c(OC)cccc3[nH]c2=O)cc1. The van der Waals surface area contributed by atoms with Gasteiger partial charge in [0.15, 0.2) is 0 Å². The number of aromatic amines is 1. The first kappa shape index (κ1) is 15.6. The summed E-state index contributed by atoms with van der Waals surface area (Å²) in [5.74, 6) is -0.192. The molecule has 0 saturated heterocycles. The first-order valence-corrected chi connectivity index (χ1v) is 7.17. The van der Waals surface area contributed by atoms with E-state index in [-0.39, 0.29) is 11.1 Å². The van der Waals surface area contributed by atoms with Crippen molar-refractivity contribution < 1.29 is 19.4 Å². The lowest BCUT2D eigenvalue weighted by Gasteiger charge is -2.12. The molecule has 3 rings (SSSR count). The number of carbonyl (C=O) groups is 1. The normalized spacial score (nSPS) is 10.6. The summed E-state index contributed by atoms with van der Waals surface area (Å²) >= 11 is 0. The van der Waals surface area contributed by atoms with E-state index in [2.05, 4.69) is 4.98 Å². The fourth-order valence-corrected chi connectivity index (χ4v) is 2.73. The smallest absolute Gasteiger partial charge is 0.337 e. The minimum atomic E-state index is -1.19. The molecule has 0 aliphatic heterocycles. The molecule has 0 bridgehead atoms. The molecule has 2 aromatic carbocycles. The molecule has 6 nitrogen and oxygen atoms in total. The van der Waals surface area contributed by atoms with E-state index in [0.717, 1.165) is 0 Å². The number of rotatable bonds is 4. The molecular formula is C18H15NO5. The van der Waals surface area contributed by atoms with E-state index in [1.807, 2.05) is 0 Å². The average molecular weight is 325 g/mol. The molecule has 0 spiro atoms. The third-order valence-electron chi connectivity index (χ3n) is 3.81. The van der Waals surface area contributed by atoms with Crippen LogP contribution in [0.15, 0.2) is 47.3 Å². The number of carboxylic acid groups (broad SMARTS) is 1. The third kappa shape index (κ3) is 2.48. The van der Waals surface area contributed by atoms with Gasteiger partial charge < -0.3 is 19.6 Å². The highest BCUT2D eigenvalue weighted by Crippen LogP contribution is 2.32. The summed E-state index contributed by atoms with van der Waals surface area (Å²) in [4.78, 5) is 27.2. The van der Waals surface area contributed by atoms with Gasteiger partial charge >= 0.3 is 5.97 Å². The van der Waals surface area contributed by atoms with Crippen molar-refractivity contribution in [2.45, 2.75) is 0 Å². The first-order chi connectivity index (χ1) is 11.6. The standard InChI is InChI=1S/C18H15NO5/c1-23-11-8-6-10(7-9-11)14-16(18(21)22)15-12(19-17(14)20)4-3-5-13(15)24-2/h3-9H,1-2H3,(H,19,20)(H,21,22). The summed E-state index contributed by atoms with van der Waals surface area (Å²) in [6.07, 6.45) is 0. The molecule has 0 fully saturated rings. The highest BCUT2D eigenvalue weighted by molar-refractivity contribution is 6.10. The van der Waals surface area contributed by atoms with Crippen LogP contribution in [0.25, 0.3) is 22.0 Å². The van der Waals surface area contributed by atoms with E-state index in [9.17, 15) is 14.7 Å². The fourth-order valence-electron chi connectivity index (χ4n) is 2.73. The summed E-state index contributed by atoms with van der Waals surface area (Å²) in [7, 11) is 2.99. The molecule has 0 radical (unpaired) electrons. The quantitative estimate of drug-likeness (QED) is 0.770. The van der Waals surface area contributed by atoms with Crippen molar-refractivity contribution in [3.05, 3.63) is 58.4 Å². The molecule has 6 heteroatoms. The van der Waals surface area contributed by atoms with Crippen LogP contribution < -0.4 is 15.0 Å². The number of carboxylic acids is 1. The molecule has 0 atom stereocenters. The van der Waals surface area contributed by atoms with Gasteiger partial charge in [0, 0.05) is 0 Å². The molecule has 0 amide bonds. The van der Waals surface area contributed by atoms with Crippen LogP contribution in [0, 0.1) is 0 Å². The van der Waals surface area contributed by atoms with Gasteiger partial charge in [0.25, 0.3) is 5.56 Å². The van der Waals surface area contributed by atoms with Crippen molar-refractivity contribution in [1.82, 2.24) is 4.98 Å². The average Bonchev–Trinajstić information content (AvgIpc) is 2.59. The molecule has 0 aliphatic rings. The highest BCUT2D eigenvalue weighted by atomic mass is 16.5. The highest BCUT2D eigenvalue weighted by Gasteiger charge is 2.22. The monoisotopic (exact) mass is 325 g/mol. The predicted molar refractivity (Wildman–Crippen MR) is 90.1 cm³/mol. The Morgan fingerprint density at radius 3 is 2.33 bits per heavy atom. The predicted octanol–water partition coefficient (Wildman–Crippen LogP) is 2.91. The number of benzene rings is 2. The van der Waals surface area contributed by atoms with Crippen LogP contribution in [-0.2, 0) is 0 Å². The Morgan fingerprint density at radius 1 is 1.04 bits per heavy atom. The van der Waals surface area contributed by atoms with Gasteiger partial charge in [-0.25, -0.2) is 4.79 Å². The van der Waals surface area contributed by atoms with Crippen LogP contribution in [0.1, 0.15) is 10.4 Å². The molecular weight excluding hydrogens is 310 g/mol. The molecule has 0 aliphatic carbocycles. The van der Waals surface area contributed by atoms with Gasteiger partial charge in [-0.1, -0.05) is 18.2 Å². The lowest BCUT2D eigenvalue weighted by Crippen LogP contribution is -2.16. The van der Waals surface area contributed by atoms with E-state index in [1.54, 1.807) is 42.5 Å². The van der Waals surface area contributed by atoms with Gasteiger partial charge in [0.05, 0.1) is 36.2 Å².